The number of ether oxygens (including phenoxy) is 1. The second-order valence-electron chi connectivity index (χ2n) is 5.51. The maximum atomic E-state index is 13.8. The minimum atomic E-state index is -1.04. The first-order valence-corrected chi connectivity index (χ1v) is 7.91. The summed E-state index contributed by atoms with van der Waals surface area (Å²) in [4.78, 5) is 26.3. The SMILES string of the molecule is C[C@@H](OC(=O)c1c(F)cccc1Cl)C(=O)N1CCc2ccccc21. The van der Waals surface area contributed by atoms with Crippen molar-refractivity contribution < 1.29 is 18.7 Å². The number of hydrogen-bond acceptors (Lipinski definition) is 3. The summed E-state index contributed by atoms with van der Waals surface area (Å²) in [5, 5.41) is -0.0498. The molecule has 1 amide bonds. The van der Waals surface area contributed by atoms with E-state index in [2.05, 4.69) is 0 Å². The lowest BCUT2D eigenvalue weighted by atomic mass is 10.2. The Labute approximate surface area is 143 Å². The summed E-state index contributed by atoms with van der Waals surface area (Å²) >= 11 is 5.85. The van der Waals surface area contributed by atoms with Gasteiger partial charge in [0.05, 0.1) is 5.02 Å². The Hall–Kier alpha value is -2.40. The number of nitrogens with zero attached hydrogens (tertiary/aromatic N) is 1. The Morgan fingerprint density at radius 2 is 1.96 bits per heavy atom. The Balaban J connectivity index is 1.75. The highest BCUT2D eigenvalue weighted by Gasteiger charge is 2.30. The van der Waals surface area contributed by atoms with Gasteiger partial charge < -0.3 is 9.64 Å². The number of para-hydroxylation sites is 1. The monoisotopic (exact) mass is 347 g/mol. The number of carbonyl (C=O) groups excluding carboxylic acids is 2. The summed E-state index contributed by atoms with van der Waals surface area (Å²) in [6.07, 6.45) is -0.291. The van der Waals surface area contributed by atoms with E-state index >= 15 is 0 Å². The summed E-state index contributed by atoms with van der Waals surface area (Å²) in [5.74, 6) is -2.08. The summed E-state index contributed by atoms with van der Waals surface area (Å²) in [6.45, 7) is 2.00. The number of rotatable bonds is 3. The number of benzene rings is 2. The van der Waals surface area contributed by atoms with Crippen molar-refractivity contribution in [1.82, 2.24) is 0 Å². The average molecular weight is 348 g/mol. The standard InChI is InChI=1S/C18H15ClFNO3/c1-11(24-18(23)16-13(19)6-4-7-14(16)20)17(22)21-10-9-12-5-2-3-8-15(12)21/h2-8,11H,9-10H2,1H3/t11-/m1/s1. The lowest BCUT2D eigenvalue weighted by molar-refractivity contribution is -0.126. The number of halogens is 2. The number of esters is 1. The molecule has 1 aliphatic heterocycles. The molecule has 0 N–H and O–H groups in total. The second-order valence-corrected chi connectivity index (χ2v) is 5.92. The first-order chi connectivity index (χ1) is 11.5. The minimum Gasteiger partial charge on any atom is -0.449 e. The van der Waals surface area contributed by atoms with Gasteiger partial charge >= 0.3 is 5.97 Å². The largest absolute Gasteiger partial charge is 0.449 e. The van der Waals surface area contributed by atoms with Gasteiger partial charge in [-0.2, -0.15) is 0 Å². The van der Waals surface area contributed by atoms with E-state index in [0.717, 1.165) is 23.7 Å². The highest BCUT2D eigenvalue weighted by Crippen LogP contribution is 2.28. The number of anilines is 1. The molecule has 124 valence electrons. The van der Waals surface area contributed by atoms with Crippen LogP contribution in [0.25, 0.3) is 0 Å². The molecule has 0 saturated heterocycles. The van der Waals surface area contributed by atoms with Gasteiger partial charge in [-0.25, -0.2) is 9.18 Å². The summed E-state index contributed by atoms with van der Waals surface area (Å²) in [5.41, 5.74) is 1.52. The van der Waals surface area contributed by atoms with Crippen molar-refractivity contribution in [3.05, 3.63) is 64.4 Å². The van der Waals surface area contributed by atoms with E-state index in [0.29, 0.717) is 6.54 Å². The molecule has 0 spiro atoms. The molecule has 24 heavy (non-hydrogen) atoms. The van der Waals surface area contributed by atoms with Crippen molar-refractivity contribution in [3.8, 4) is 0 Å². The van der Waals surface area contributed by atoms with Gasteiger partial charge in [0.25, 0.3) is 5.91 Å². The van der Waals surface area contributed by atoms with Gasteiger partial charge in [0.2, 0.25) is 0 Å². The van der Waals surface area contributed by atoms with Crippen molar-refractivity contribution in [1.29, 1.82) is 0 Å². The van der Waals surface area contributed by atoms with Crippen LogP contribution in [0.4, 0.5) is 10.1 Å². The molecule has 0 saturated carbocycles. The van der Waals surface area contributed by atoms with E-state index in [-0.39, 0.29) is 16.5 Å². The van der Waals surface area contributed by atoms with E-state index in [1.807, 2.05) is 24.3 Å². The summed E-state index contributed by atoms with van der Waals surface area (Å²) in [6, 6.07) is 11.5. The molecule has 0 unspecified atom stereocenters. The zero-order valence-electron chi connectivity index (χ0n) is 13.0. The van der Waals surface area contributed by atoms with Crippen LogP contribution < -0.4 is 4.90 Å². The first kappa shape index (κ1) is 16.5. The first-order valence-electron chi connectivity index (χ1n) is 7.53. The highest BCUT2D eigenvalue weighted by atomic mass is 35.5. The Morgan fingerprint density at radius 3 is 2.71 bits per heavy atom. The van der Waals surface area contributed by atoms with Gasteiger partial charge in [-0.15, -0.1) is 0 Å². The fourth-order valence-corrected chi connectivity index (χ4v) is 2.99. The van der Waals surface area contributed by atoms with Gasteiger partial charge in [0, 0.05) is 12.2 Å². The molecule has 0 bridgehead atoms. The molecule has 4 nitrogen and oxygen atoms in total. The van der Waals surface area contributed by atoms with Crippen LogP contribution >= 0.6 is 11.6 Å². The third kappa shape index (κ3) is 2.99. The van der Waals surface area contributed by atoms with Crippen molar-refractivity contribution in [2.75, 3.05) is 11.4 Å². The topological polar surface area (TPSA) is 46.6 Å². The van der Waals surface area contributed by atoms with Crippen LogP contribution in [0.15, 0.2) is 42.5 Å². The number of carbonyl (C=O) groups is 2. The van der Waals surface area contributed by atoms with Crippen molar-refractivity contribution in [3.63, 3.8) is 0 Å². The number of hydrogen-bond donors (Lipinski definition) is 0. The number of amides is 1. The smallest absolute Gasteiger partial charge is 0.343 e. The molecule has 1 aliphatic rings. The predicted molar refractivity (Wildman–Crippen MR) is 88.8 cm³/mol. The van der Waals surface area contributed by atoms with Crippen LogP contribution in [0.2, 0.25) is 5.02 Å². The molecule has 0 aromatic heterocycles. The summed E-state index contributed by atoms with van der Waals surface area (Å²) in [7, 11) is 0. The lowest BCUT2D eigenvalue weighted by Crippen LogP contribution is -2.39. The average Bonchev–Trinajstić information content (AvgIpc) is 2.97. The Kier molecular flexibility index (Phi) is 4.53. The molecule has 2 aromatic rings. The van der Waals surface area contributed by atoms with E-state index in [1.54, 1.807) is 4.90 Å². The van der Waals surface area contributed by atoms with Crippen LogP contribution in [0, 0.1) is 5.82 Å². The van der Waals surface area contributed by atoms with Gasteiger partial charge in [-0.1, -0.05) is 35.9 Å². The lowest BCUT2D eigenvalue weighted by Gasteiger charge is -2.22. The van der Waals surface area contributed by atoms with Crippen LogP contribution in [-0.4, -0.2) is 24.5 Å². The zero-order valence-corrected chi connectivity index (χ0v) is 13.7. The van der Waals surface area contributed by atoms with Gasteiger partial charge in [-0.3, -0.25) is 4.79 Å². The molecule has 3 rings (SSSR count). The van der Waals surface area contributed by atoms with Crippen LogP contribution in [-0.2, 0) is 16.0 Å². The fourth-order valence-electron chi connectivity index (χ4n) is 2.75. The highest BCUT2D eigenvalue weighted by molar-refractivity contribution is 6.33. The Morgan fingerprint density at radius 1 is 1.21 bits per heavy atom. The van der Waals surface area contributed by atoms with E-state index in [4.69, 9.17) is 16.3 Å². The fraction of sp³-hybridized carbons (Fsp3) is 0.222. The minimum absolute atomic E-state index is 0.0498. The van der Waals surface area contributed by atoms with Crippen LogP contribution in [0.3, 0.4) is 0 Å². The molecule has 1 heterocycles. The van der Waals surface area contributed by atoms with Crippen molar-refractivity contribution in [2.45, 2.75) is 19.4 Å². The van der Waals surface area contributed by atoms with Crippen LogP contribution in [0.1, 0.15) is 22.8 Å². The second kappa shape index (κ2) is 6.61. The molecule has 1 atom stereocenters. The quantitative estimate of drug-likeness (QED) is 0.797. The normalized spacial score (nSPS) is 14.2. The zero-order chi connectivity index (χ0) is 17.3. The third-order valence-corrected chi connectivity index (χ3v) is 4.27. The van der Waals surface area contributed by atoms with Crippen LogP contribution in [0.5, 0.6) is 0 Å². The van der Waals surface area contributed by atoms with Crippen molar-refractivity contribution in [2.24, 2.45) is 0 Å². The van der Waals surface area contributed by atoms with E-state index in [9.17, 15) is 14.0 Å². The molecular formula is C18H15ClFNO3. The maximum absolute atomic E-state index is 13.8. The van der Waals surface area contributed by atoms with E-state index < -0.39 is 17.9 Å². The van der Waals surface area contributed by atoms with E-state index in [1.165, 1.54) is 19.1 Å². The van der Waals surface area contributed by atoms with Gasteiger partial charge in [0.1, 0.15) is 11.4 Å². The molecule has 2 aromatic carbocycles. The molecule has 0 fully saturated rings. The summed E-state index contributed by atoms with van der Waals surface area (Å²) < 4.78 is 18.9. The molecule has 0 aliphatic carbocycles. The number of fused-ring (bicyclic) bond motifs is 1. The molecule has 6 heteroatoms. The third-order valence-electron chi connectivity index (χ3n) is 3.95. The molecule has 0 radical (unpaired) electrons. The maximum Gasteiger partial charge on any atom is 0.343 e. The predicted octanol–water partition coefficient (Wildman–Crippen LogP) is 3.61. The van der Waals surface area contributed by atoms with Crippen molar-refractivity contribution >= 4 is 29.2 Å². The Bertz CT molecular complexity index is 788. The molecular weight excluding hydrogens is 333 g/mol. The van der Waals surface area contributed by atoms with Gasteiger partial charge in [-0.05, 0) is 37.1 Å². The van der Waals surface area contributed by atoms with Gasteiger partial charge in [0.15, 0.2) is 6.10 Å².